The first-order valence-corrected chi connectivity index (χ1v) is 14.5. The Labute approximate surface area is 259 Å². The monoisotopic (exact) mass is 618 g/mol. The number of ketones is 1. The highest BCUT2D eigenvalue weighted by Gasteiger charge is 2.64. The van der Waals surface area contributed by atoms with Crippen LogP contribution in [-0.2, 0) is 34.0 Å². The van der Waals surface area contributed by atoms with Crippen LogP contribution in [0.15, 0.2) is 71.2 Å². The third-order valence-corrected chi connectivity index (χ3v) is 9.25. The van der Waals surface area contributed by atoms with Crippen molar-refractivity contribution in [2.75, 3.05) is 27.6 Å². The van der Waals surface area contributed by atoms with Gasteiger partial charge in [0.2, 0.25) is 24.1 Å². The Bertz CT molecular complexity index is 1680. The molecule has 0 amide bonds. The molecule has 0 fully saturated rings. The minimum atomic E-state index is -1.93. The maximum Gasteiger partial charge on any atom is 0.338 e. The van der Waals surface area contributed by atoms with Crippen molar-refractivity contribution >= 4 is 17.7 Å². The number of hydrogen-bond donors (Lipinski definition) is 1. The molecule has 2 aliphatic heterocycles. The molecule has 5 atom stereocenters. The number of rotatable bonds is 6. The van der Waals surface area contributed by atoms with Crippen molar-refractivity contribution in [3.05, 3.63) is 87.9 Å². The van der Waals surface area contributed by atoms with E-state index in [0.29, 0.717) is 22.4 Å². The molecule has 0 bridgehead atoms. The van der Waals surface area contributed by atoms with E-state index in [1.165, 1.54) is 21.1 Å². The van der Waals surface area contributed by atoms with Crippen LogP contribution >= 0.6 is 0 Å². The van der Waals surface area contributed by atoms with Crippen molar-refractivity contribution in [1.82, 2.24) is 0 Å². The van der Waals surface area contributed by atoms with E-state index in [-0.39, 0.29) is 47.6 Å². The van der Waals surface area contributed by atoms with Gasteiger partial charge < -0.3 is 38.3 Å². The molecular weight excluding hydrogens is 584 g/mol. The van der Waals surface area contributed by atoms with Crippen molar-refractivity contribution in [3.63, 3.8) is 0 Å². The summed E-state index contributed by atoms with van der Waals surface area (Å²) in [4.78, 5) is 41.7. The molecule has 236 valence electrons. The first-order chi connectivity index (χ1) is 21.5. The zero-order chi connectivity index (χ0) is 32.3. The fourth-order valence-electron chi connectivity index (χ4n) is 6.46. The summed E-state index contributed by atoms with van der Waals surface area (Å²) in [6.07, 6.45) is 0.550. The van der Waals surface area contributed by atoms with E-state index in [9.17, 15) is 19.5 Å². The molecule has 6 rings (SSSR count). The average Bonchev–Trinajstić information content (AvgIpc) is 3.68. The van der Waals surface area contributed by atoms with Gasteiger partial charge in [0.05, 0.1) is 19.8 Å². The molecule has 2 aromatic carbocycles. The standard InChI is InChI=1S/C34H34O11/c1-7-17(2)31(36)44-25-18(3)33(4,38)30(45-32(37)19-11-9-8-10-12-19)21-14-22(39-5)27(40-6)29(35)34(21)15-41-28-24(34)20(25)13-23-26(28)43-16-42-23/h7-14,18,25,30,38H,15-16H2,1-6H3. The van der Waals surface area contributed by atoms with Crippen LogP contribution in [0.1, 0.15) is 55.3 Å². The minimum absolute atomic E-state index is 0.0790. The van der Waals surface area contributed by atoms with Gasteiger partial charge in [0.15, 0.2) is 23.4 Å². The summed E-state index contributed by atoms with van der Waals surface area (Å²) in [5, 5.41) is 12.5. The lowest BCUT2D eigenvalue weighted by molar-refractivity contribution is -0.163. The molecule has 1 N–H and O–H groups in total. The van der Waals surface area contributed by atoms with Crippen LogP contribution < -0.4 is 14.2 Å². The van der Waals surface area contributed by atoms with Crippen LogP contribution in [0.4, 0.5) is 0 Å². The second-order valence-electron chi connectivity index (χ2n) is 11.6. The zero-order valence-electron chi connectivity index (χ0n) is 25.8. The number of aliphatic hydroxyl groups is 1. The second kappa shape index (κ2) is 11.0. The summed E-state index contributed by atoms with van der Waals surface area (Å²) in [5.41, 5.74) is -2.14. The van der Waals surface area contributed by atoms with Crippen molar-refractivity contribution in [1.29, 1.82) is 0 Å². The summed E-state index contributed by atoms with van der Waals surface area (Å²) >= 11 is 0. The molecule has 0 saturated carbocycles. The van der Waals surface area contributed by atoms with Crippen LogP contribution in [0.25, 0.3) is 0 Å². The third kappa shape index (κ3) is 4.40. The van der Waals surface area contributed by atoms with Crippen LogP contribution in [0.5, 0.6) is 17.2 Å². The Morgan fingerprint density at radius 1 is 1.04 bits per heavy atom. The van der Waals surface area contributed by atoms with Gasteiger partial charge in [0, 0.05) is 22.6 Å². The lowest BCUT2D eigenvalue weighted by Gasteiger charge is -2.48. The fourth-order valence-corrected chi connectivity index (χ4v) is 6.46. The topological polar surface area (TPSA) is 136 Å². The quantitative estimate of drug-likeness (QED) is 0.368. The molecular formula is C34H34O11. The van der Waals surface area contributed by atoms with Crippen LogP contribution in [-0.4, -0.2) is 62.2 Å². The van der Waals surface area contributed by atoms with E-state index in [1.807, 2.05) is 0 Å². The Balaban J connectivity index is 1.67. The maximum atomic E-state index is 14.8. The first-order valence-electron chi connectivity index (χ1n) is 14.5. The predicted octanol–water partition coefficient (Wildman–Crippen LogP) is 4.24. The number of fused-ring (bicyclic) bond motifs is 2. The Morgan fingerprint density at radius 2 is 1.78 bits per heavy atom. The summed E-state index contributed by atoms with van der Waals surface area (Å²) in [5.74, 6) is -2.02. The highest BCUT2D eigenvalue weighted by atomic mass is 16.7. The fraction of sp³-hybridized carbons (Fsp3) is 0.382. The number of hydrogen-bond acceptors (Lipinski definition) is 11. The van der Waals surface area contributed by atoms with E-state index in [1.54, 1.807) is 69.3 Å². The number of carbonyl (C=O) groups excluding carboxylic acids is 3. The van der Waals surface area contributed by atoms with Crippen LogP contribution in [0, 0.1) is 5.92 Å². The molecule has 4 aliphatic rings. The zero-order valence-corrected chi connectivity index (χ0v) is 25.8. The van der Waals surface area contributed by atoms with Crippen LogP contribution in [0.2, 0.25) is 0 Å². The van der Waals surface area contributed by atoms with Gasteiger partial charge in [-0.2, -0.15) is 0 Å². The molecule has 5 unspecified atom stereocenters. The molecule has 0 saturated heterocycles. The Morgan fingerprint density at radius 3 is 2.44 bits per heavy atom. The Hall–Kier alpha value is -4.77. The van der Waals surface area contributed by atoms with Gasteiger partial charge in [-0.1, -0.05) is 31.2 Å². The number of methoxy groups -OCH3 is 2. The van der Waals surface area contributed by atoms with Gasteiger partial charge in [-0.05, 0) is 50.6 Å². The van der Waals surface area contributed by atoms with E-state index in [0.717, 1.165) is 0 Å². The maximum absolute atomic E-state index is 14.8. The van der Waals surface area contributed by atoms with Gasteiger partial charge in [-0.15, -0.1) is 0 Å². The molecule has 0 radical (unpaired) electrons. The van der Waals surface area contributed by atoms with E-state index < -0.39 is 46.9 Å². The molecule has 11 heteroatoms. The summed E-state index contributed by atoms with van der Waals surface area (Å²) < 4.78 is 41.2. The number of ether oxygens (including phenoxy) is 7. The van der Waals surface area contributed by atoms with Gasteiger partial charge in [0.25, 0.3) is 0 Å². The molecule has 0 aromatic heterocycles. The molecule has 1 spiro atoms. The highest BCUT2D eigenvalue weighted by Crippen LogP contribution is 2.62. The molecule has 2 aliphatic carbocycles. The number of Topliss-reactive ketones (excluding diaryl/α,β-unsaturated/α-hetero) is 1. The minimum Gasteiger partial charge on any atom is -0.493 e. The molecule has 2 aromatic rings. The van der Waals surface area contributed by atoms with Crippen molar-refractivity contribution in [2.24, 2.45) is 5.92 Å². The smallest absolute Gasteiger partial charge is 0.338 e. The highest BCUT2D eigenvalue weighted by molar-refractivity contribution is 6.09. The first kappa shape index (κ1) is 30.3. The lowest BCUT2D eigenvalue weighted by Crippen LogP contribution is -2.58. The van der Waals surface area contributed by atoms with Gasteiger partial charge in [0.1, 0.15) is 23.7 Å². The number of benzene rings is 2. The van der Waals surface area contributed by atoms with E-state index in [4.69, 9.17) is 33.2 Å². The summed E-state index contributed by atoms with van der Waals surface area (Å²) in [6, 6.07) is 9.95. The largest absolute Gasteiger partial charge is 0.493 e. The number of allylic oxidation sites excluding steroid dienone is 3. The van der Waals surface area contributed by atoms with E-state index >= 15 is 0 Å². The number of carbonyl (C=O) groups is 3. The third-order valence-electron chi connectivity index (χ3n) is 9.25. The molecule has 45 heavy (non-hydrogen) atoms. The van der Waals surface area contributed by atoms with Crippen LogP contribution in [0.3, 0.4) is 0 Å². The van der Waals surface area contributed by atoms with Crippen molar-refractivity contribution in [3.8, 4) is 17.2 Å². The van der Waals surface area contributed by atoms with Crippen molar-refractivity contribution in [2.45, 2.75) is 50.9 Å². The normalized spacial score (nSPS) is 28.2. The summed E-state index contributed by atoms with van der Waals surface area (Å²) in [6.45, 7) is 6.13. The average molecular weight is 619 g/mol. The number of esters is 2. The SMILES string of the molecule is CC=C(C)C(=O)OC1c2cc3c(c4c2C2(CO4)C(=O)C(OC)=C(OC)C=C2C(OC(=O)c2ccccc2)C(C)(O)C1C)OCO3. The second-order valence-corrected chi connectivity index (χ2v) is 11.6. The van der Waals surface area contributed by atoms with E-state index in [2.05, 4.69) is 0 Å². The summed E-state index contributed by atoms with van der Waals surface area (Å²) in [7, 11) is 2.73. The van der Waals surface area contributed by atoms with Gasteiger partial charge in [-0.25, -0.2) is 9.59 Å². The molecule has 11 nitrogen and oxygen atoms in total. The Kier molecular flexibility index (Phi) is 7.39. The molecule has 2 heterocycles. The van der Waals surface area contributed by atoms with Crippen molar-refractivity contribution < 1.29 is 52.6 Å². The lowest BCUT2D eigenvalue weighted by atomic mass is 9.59. The predicted molar refractivity (Wildman–Crippen MR) is 158 cm³/mol. The van der Waals surface area contributed by atoms with Gasteiger partial charge in [-0.3, -0.25) is 4.79 Å². The van der Waals surface area contributed by atoms with Gasteiger partial charge >= 0.3 is 11.9 Å².